The molecule has 9 heavy (non-hydrogen) atoms. The zero-order chi connectivity index (χ0) is 7.44. The van der Waals surface area contributed by atoms with E-state index in [2.05, 4.69) is 13.8 Å². The number of aliphatic hydroxyl groups is 1. The lowest BCUT2D eigenvalue weighted by Crippen LogP contribution is -2.33. The Morgan fingerprint density at radius 1 is 1.33 bits per heavy atom. The second-order valence-corrected chi connectivity index (χ2v) is 3.03. The second-order valence-electron chi connectivity index (χ2n) is 3.03. The molecule has 2 atom stereocenters. The first-order chi connectivity index (χ1) is 4.04. The van der Waals surface area contributed by atoms with Gasteiger partial charge in [-0.1, -0.05) is 13.8 Å². The molecule has 0 aliphatic rings. The molecule has 0 aromatic heterocycles. The number of nitrogens with two attached hydrogens (primary N) is 1. The van der Waals surface area contributed by atoms with E-state index in [1.54, 1.807) is 6.92 Å². The van der Waals surface area contributed by atoms with Gasteiger partial charge < -0.3 is 10.8 Å². The molecule has 0 aliphatic carbocycles. The molecule has 0 amide bonds. The number of hydrogen-bond donors (Lipinski definition) is 2. The molecule has 0 bridgehead atoms. The first kappa shape index (κ1) is 8.92. The van der Waals surface area contributed by atoms with Gasteiger partial charge in [-0.2, -0.15) is 0 Å². The van der Waals surface area contributed by atoms with Crippen molar-refractivity contribution in [1.82, 2.24) is 0 Å². The zero-order valence-electron chi connectivity index (χ0n) is 6.46. The summed E-state index contributed by atoms with van der Waals surface area (Å²) in [5, 5.41) is 8.94. The lowest BCUT2D eigenvalue weighted by molar-refractivity contribution is 0.152. The van der Waals surface area contributed by atoms with E-state index in [1.807, 2.05) is 0 Å². The van der Waals surface area contributed by atoms with Crippen LogP contribution in [0.5, 0.6) is 0 Å². The Labute approximate surface area is 57.1 Å². The quantitative estimate of drug-likeness (QED) is 0.593. The molecule has 3 N–H and O–H groups in total. The van der Waals surface area contributed by atoms with E-state index in [9.17, 15) is 0 Å². The van der Waals surface area contributed by atoms with Gasteiger partial charge in [0.15, 0.2) is 0 Å². The Hall–Kier alpha value is -0.0800. The summed E-state index contributed by atoms with van der Waals surface area (Å²) in [6, 6.07) is -0.0509. The predicted molar refractivity (Wildman–Crippen MR) is 39.1 cm³/mol. The van der Waals surface area contributed by atoms with Gasteiger partial charge >= 0.3 is 0 Å². The molecule has 2 nitrogen and oxygen atoms in total. The van der Waals surface area contributed by atoms with Crippen molar-refractivity contribution in [2.75, 3.05) is 0 Å². The van der Waals surface area contributed by atoms with Crippen LogP contribution in [0.4, 0.5) is 0 Å². The maximum atomic E-state index is 8.94. The smallest absolute Gasteiger partial charge is 0.0663 e. The van der Waals surface area contributed by atoms with Gasteiger partial charge in [0.05, 0.1) is 6.10 Å². The van der Waals surface area contributed by atoms with Crippen LogP contribution in [0.15, 0.2) is 0 Å². The minimum atomic E-state index is -0.368. The van der Waals surface area contributed by atoms with Crippen LogP contribution < -0.4 is 5.73 Å². The Bertz CT molecular complexity index is 71.3. The summed E-state index contributed by atoms with van der Waals surface area (Å²) in [6.45, 7) is 5.93. The van der Waals surface area contributed by atoms with E-state index in [0.717, 1.165) is 6.42 Å². The molecule has 0 aliphatic heterocycles. The highest BCUT2D eigenvalue weighted by molar-refractivity contribution is 4.68. The Morgan fingerprint density at radius 3 is 1.89 bits per heavy atom. The fourth-order valence-electron chi connectivity index (χ4n) is 0.741. The van der Waals surface area contributed by atoms with Gasteiger partial charge in [-0.05, 0) is 19.3 Å². The third kappa shape index (κ3) is 4.43. The molecule has 0 radical (unpaired) electrons. The molecule has 0 aromatic rings. The summed E-state index contributed by atoms with van der Waals surface area (Å²) in [6.07, 6.45) is 0.532. The van der Waals surface area contributed by atoms with Crippen molar-refractivity contribution < 1.29 is 5.11 Å². The number of aliphatic hydroxyl groups excluding tert-OH is 1. The van der Waals surface area contributed by atoms with Crippen LogP contribution in [0.3, 0.4) is 0 Å². The molecule has 0 fully saturated rings. The second kappa shape index (κ2) is 3.85. The summed E-state index contributed by atoms with van der Waals surface area (Å²) >= 11 is 0. The van der Waals surface area contributed by atoms with Crippen molar-refractivity contribution in [3.05, 3.63) is 0 Å². The molecule has 0 saturated heterocycles. The van der Waals surface area contributed by atoms with Crippen molar-refractivity contribution in [2.45, 2.75) is 39.3 Å². The van der Waals surface area contributed by atoms with E-state index in [-0.39, 0.29) is 12.1 Å². The van der Waals surface area contributed by atoms with Crippen LogP contribution >= 0.6 is 0 Å². The third-order valence-corrected chi connectivity index (χ3v) is 1.36. The summed E-state index contributed by atoms with van der Waals surface area (Å²) in [4.78, 5) is 0. The van der Waals surface area contributed by atoms with Crippen molar-refractivity contribution in [1.29, 1.82) is 0 Å². The molecule has 2 unspecified atom stereocenters. The normalized spacial score (nSPS) is 18.0. The Morgan fingerprint density at radius 2 is 1.78 bits per heavy atom. The molecule has 0 heterocycles. The van der Waals surface area contributed by atoms with Gasteiger partial charge in [-0.15, -0.1) is 0 Å². The minimum absolute atomic E-state index is 0.0509. The summed E-state index contributed by atoms with van der Waals surface area (Å²) in [7, 11) is 0. The van der Waals surface area contributed by atoms with Gasteiger partial charge in [-0.25, -0.2) is 0 Å². The van der Waals surface area contributed by atoms with Crippen molar-refractivity contribution in [3.63, 3.8) is 0 Å². The molecular formula is C7H17NO. The predicted octanol–water partition coefficient (Wildman–Crippen LogP) is 0.741. The maximum absolute atomic E-state index is 8.94. The summed E-state index contributed by atoms with van der Waals surface area (Å²) in [5.74, 6) is 0.578. The summed E-state index contributed by atoms with van der Waals surface area (Å²) < 4.78 is 0. The van der Waals surface area contributed by atoms with Crippen LogP contribution in [0, 0.1) is 5.92 Å². The number of hydrogen-bond acceptors (Lipinski definition) is 2. The van der Waals surface area contributed by atoms with E-state index in [4.69, 9.17) is 10.8 Å². The highest BCUT2D eigenvalue weighted by atomic mass is 16.3. The first-order valence-corrected chi connectivity index (χ1v) is 3.47. The monoisotopic (exact) mass is 131 g/mol. The number of rotatable bonds is 3. The highest BCUT2D eigenvalue weighted by Crippen LogP contribution is 2.04. The van der Waals surface area contributed by atoms with Gasteiger partial charge in [0.25, 0.3) is 0 Å². The lowest BCUT2D eigenvalue weighted by Gasteiger charge is -2.16. The zero-order valence-corrected chi connectivity index (χ0v) is 6.46. The average molecular weight is 131 g/mol. The van der Waals surface area contributed by atoms with Gasteiger partial charge in [0, 0.05) is 6.04 Å². The van der Waals surface area contributed by atoms with Crippen LogP contribution in [-0.4, -0.2) is 17.3 Å². The van der Waals surface area contributed by atoms with E-state index in [0.29, 0.717) is 5.92 Å². The fraction of sp³-hybridized carbons (Fsp3) is 1.00. The maximum Gasteiger partial charge on any atom is 0.0663 e. The molecule has 56 valence electrons. The SMILES string of the molecule is CC(C)CC(N)C(C)O. The molecule has 0 saturated carbocycles. The molecule has 2 heteroatoms. The largest absolute Gasteiger partial charge is 0.392 e. The fourth-order valence-corrected chi connectivity index (χ4v) is 0.741. The van der Waals surface area contributed by atoms with Crippen molar-refractivity contribution >= 4 is 0 Å². The average Bonchev–Trinajstić information content (AvgIpc) is 1.63. The van der Waals surface area contributed by atoms with Crippen molar-refractivity contribution in [3.8, 4) is 0 Å². The van der Waals surface area contributed by atoms with Gasteiger partial charge in [0.1, 0.15) is 0 Å². The van der Waals surface area contributed by atoms with E-state index in [1.165, 1.54) is 0 Å². The lowest BCUT2D eigenvalue weighted by atomic mass is 10.0. The van der Waals surface area contributed by atoms with Gasteiger partial charge in [0.2, 0.25) is 0 Å². The van der Waals surface area contributed by atoms with Crippen LogP contribution in [0.1, 0.15) is 27.2 Å². The van der Waals surface area contributed by atoms with E-state index >= 15 is 0 Å². The molecule has 0 rings (SSSR count). The van der Waals surface area contributed by atoms with Gasteiger partial charge in [-0.3, -0.25) is 0 Å². The van der Waals surface area contributed by atoms with E-state index < -0.39 is 0 Å². The molecule has 0 spiro atoms. The highest BCUT2D eigenvalue weighted by Gasteiger charge is 2.09. The summed E-state index contributed by atoms with van der Waals surface area (Å²) in [5.41, 5.74) is 5.57. The Balaban J connectivity index is 3.38. The van der Waals surface area contributed by atoms with Crippen LogP contribution in [0.25, 0.3) is 0 Å². The first-order valence-electron chi connectivity index (χ1n) is 3.47. The Kier molecular flexibility index (Phi) is 3.82. The minimum Gasteiger partial charge on any atom is -0.392 e. The molecular weight excluding hydrogens is 114 g/mol. The standard InChI is InChI=1S/C7H17NO/c1-5(2)4-7(8)6(3)9/h5-7,9H,4,8H2,1-3H3. The topological polar surface area (TPSA) is 46.2 Å². The van der Waals surface area contributed by atoms with Crippen LogP contribution in [0.2, 0.25) is 0 Å². The molecule has 0 aromatic carbocycles. The third-order valence-electron chi connectivity index (χ3n) is 1.36. The van der Waals surface area contributed by atoms with Crippen molar-refractivity contribution in [2.24, 2.45) is 11.7 Å². The van der Waals surface area contributed by atoms with Crippen LogP contribution in [-0.2, 0) is 0 Å².